The summed E-state index contributed by atoms with van der Waals surface area (Å²) < 4.78 is 0. The average Bonchev–Trinajstić information content (AvgIpc) is 2.15. The van der Waals surface area contributed by atoms with Crippen molar-refractivity contribution >= 4 is 22.8 Å². The second-order valence-corrected chi connectivity index (χ2v) is 2.76. The van der Waals surface area contributed by atoms with Crippen LogP contribution in [0.4, 0.5) is 4.79 Å². The SMILES string of the molecule is O=C(Cl)NCC(=O)c1ccccc1. The lowest BCUT2D eigenvalue weighted by atomic mass is 10.1. The molecule has 13 heavy (non-hydrogen) atoms. The second kappa shape index (κ2) is 4.62. The molecule has 0 fully saturated rings. The summed E-state index contributed by atoms with van der Waals surface area (Å²) in [5, 5.41) is 1.50. The molecule has 0 heterocycles. The lowest BCUT2D eigenvalue weighted by Gasteiger charge is -1.99. The number of amides is 1. The summed E-state index contributed by atoms with van der Waals surface area (Å²) in [6, 6.07) is 8.70. The van der Waals surface area contributed by atoms with Crippen molar-refractivity contribution in [3.8, 4) is 0 Å². The van der Waals surface area contributed by atoms with E-state index in [1.807, 2.05) is 6.07 Å². The molecule has 0 saturated carbocycles. The van der Waals surface area contributed by atoms with Crippen LogP contribution in [0.3, 0.4) is 0 Å². The van der Waals surface area contributed by atoms with Gasteiger partial charge < -0.3 is 5.32 Å². The van der Waals surface area contributed by atoms with E-state index in [1.54, 1.807) is 24.3 Å². The first-order chi connectivity index (χ1) is 6.20. The van der Waals surface area contributed by atoms with Crippen molar-refractivity contribution in [2.75, 3.05) is 6.54 Å². The number of benzene rings is 1. The Morgan fingerprint density at radius 1 is 1.23 bits per heavy atom. The number of ketones is 1. The average molecular weight is 198 g/mol. The maximum absolute atomic E-state index is 11.3. The smallest absolute Gasteiger partial charge is 0.314 e. The van der Waals surface area contributed by atoms with Crippen molar-refractivity contribution in [3.05, 3.63) is 35.9 Å². The molecule has 1 amide bonds. The van der Waals surface area contributed by atoms with Gasteiger partial charge in [-0.3, -0.25) is 9.59 Å². The summed E-state index contributed by atoms with van der Waals surface area (Å²) in [6.45, 7) is -0.0631. The summed E-state index contributed by atoms with van der Waals surface area (Å²) in [7, 11) is 0. The molecule has 1 aromatic rings. The standard InChI is InChI=1S/C9H8ClNO2/c10-9(13)11-6-8(12)7-4-2-1-3-5-7/h1-5H,6H2,(H,11,13). The highest BCUT2D eigenvalue weighted by molar-refractivity contribution is 6.63. The van der Waals surface area contributed by atoms with Crippen LogP contribution >= 0.6 is 11.6 Å². The van der Waals surface area contributed by atoms with E-state index in [0.29, 0.717) is 5.56 Å². The van der Waals surface area contributed by atoms with Gasteiger partial charge in [0.05, 0.1) is 6.54 Å². The first-order valence-corrected chi connectivity index (χ1v) is 4.09. The van der Waals surface area contributed by atoms with Gasteiger partial charge in [0, 0.05) is 5.56 Å². The molecule has 0 aliphatic carbocycles. The monoisotopic (exact) mass is 197 g/mol. The van der Waals surface area contributed by atoms with Crippen LogP contribution in [0.25, 0.3) is 0 Å². The van der Waals surface area contributed by atoms with E-state index in [0.717, 1.165) is 0 Å². The highest BCUT2D eigenvalue weighted by Crippen LogP contribution is 1.98. The molecule has 0 aromatic heterocycles. The Hall–Kier alpha value is -1.35. The number of Topliss-reactive ketones (excluding diaryl/α,β-unsaturated/α-hetero) is 1. The predicted molar refractivity (Wildman–Crippen MR) is 50.0 cm³/mol. The topological polar surface area (TPSA) is 46.2 Å². The molecule has 0 bridgehead atoms. The summed E-state index contributed by atoms with van der Waals surface area (Å²) in [5.41, 5.74) is 0.563. The van der Waals surface area contributed by atoms with Crippen molar-refractivity contribution in [1.29, 1.82) is 0 Å². The normalized spacial score (nSPS) is 9.31. The largest absolute Gasteiger partial charge is 0.335 e. The van der Waals surface area contributed by atoms with E-state index in [9.17, 15) is 9.59 Å². The Bertz CT molecular complexity index is 311. The molecule has 0 atom stereocenters. The number of nitrogens with one attached hydrogen (secondary N) is 1. The molecule has 0 aliphatic rings. The van der Waals surface area contributed by atoms with Gasteiger partial charge in [-0.15, -0.1) is 0 Å². The molecule has 3 nitrogen and oxygen atoms in total. The van der Waals surface area contributed by atoms with Crippen LogP contribution in [0, 0.1) is 0 Å². The van der Waals surface area contributed by atoms with Gasteiger partial charge in [0.15, 0.2) is 5.78 Å². The van der Waals surface area contributed by atoms with E-state index < -0.39 is 5.37 Å². The van der Waals surface area contributed by atoms with Crippen molar-refractivity contribution in [1.82, 2.24) is 5.32 Å². The van der Waals surface area contributed by atoms with E-state index in [4.69, 9.17) is 11.6 Å². The summed E-state index contributed by atoms with van der Waals surface area (Å²) >= 11 is 5.01. The van der Waals surface area contributed by atoms with Crippen molar-refractivity contribution < 1.29 is 9.59 Å². The Morgan fingerprint density at radius 2 is 1.85 bits per heavy atom. The quantitative estimate of drug-likeness (QED) is 0.457. The van der Waals surface area contributed by atoms with Gasteiger partial charge in [0.1, 0.15) is 0 Å². The maximum atomic E-state index is 11.3. The number of rotatable bonds is 3. The Labute approximate surface area is 80.7 Å². The van der Waals surface area contributed by atoms with Crippen molar-refractivity contribution in [2.24, 2.45) is 0 Å². The van der Waals surface area contributed by atoms with Crippen molar-refractivity contribution in [3.63, 3.8) is 0 Å². The van der Waals surface area contributed by atoms with Gasteiger partial charge >= 0.3 is 5.37 Å². The molecule has 0 unspecified atom stereocenters. The van der Waals surface area contributed by atoms with E-state index >= 15 is 0 Å². The predicted octanol–water partition coefficient (Wildman–Crippen LogP) is 1.82. The fraction of sp³-hybridized carbons (Fsp3) is 0.111. The molecule has 0 radical (unpaired) electrons. The number of hydrogen-bond donors (Lipinski definition) is 1. The summed E-state index contributed by atoms with van der Waals surface area (Å²) in [4.78, 5) is 21.6. The minimum Gasteiger partial charge on any atom is -0.335 e. The van der Waals surface area contributed by atoms with Crippen LogP contribution in [0.2, 0.25) is 0 Å². The second-order valence-electron chi connectivity index (χ2n) is 2.42. The van der Waals surface area contributed by atoms with Crippen LogP contribution in [0.5, 0.6) is 0 Å². The molecular formula is C9H8ClNO2. The Kier molecular flexibility index (Phi) is 3.46. The minimum atomic E-state index is -0.718. The van der Waals surface area contributed by atoms with Gasteiger partial charge in [0.2, 0.25) is 0 Å². The molecule has 0 saturated heterocycles. The van der Waals surface area contributed by atoms with E-state index in [-0.39, 0.29) is 12.3 Å². The lowest BCUT2D eigenvalue weighted by Crippen LogP contribution is -2.24. The van der Waals surface area contributed by atoms with Crippen LogP contribution in [0.1, 0.15) is 10.4 Å². The zero-order chi connectivity index (χ0) is 9.68. The number of halogens is 1. The zero-order valence-corrected chi connectivity index (χ0v) is 7.54. The molecule has 1 aromatic carbocycles. The molecule has 1 N–H and O–H groups in total. The first-order valence-electron chi connectivity index (χ1n) is 3.72. The maximum Gasteiger partial charge on any atom is 0.314 e. The van der Waals surface area contributed by atoms with Crippen LogP contribution in [0.15, 0.2) is 30.3 Å². The van der Waals surface area contributed by atoms with Gasteiger partial charge in [-0.25, -0.2) is 0 Å². The first kappa shape index (κ1) is 9.74. The number of carbonyl (C=O) groups is 2. The van der Waals surface area contributed by atoms with Gasteiger partial charge in [-0.05, 0) is 11.6 Å². The Morgan fingerprint density at radius 3 is 2.38 bits per heavy atom. The van der Waals surface area contributed by atoms with Gasteiger partial charge in [-0.1, -0.05) is 30.3 Å². The van der Waals surface area contributed by atoms with Gasteiger partial charge in [0.25, 0.3) is 0 Å². The van der Waals surface area contributed by atoms with Gasteiger partial charge in [-0.2, -0.15) is 0 Å². The molecule has 0 aliphatic heterocycles. The van der Waals surface area contributed by atoms with Crippen molar-refractivity contribution in [2.45, 2.75) is 0 Å². The third-order valence-corrected chi connectivity index (χ3v) is 1.62. The van der Waals surface area contributed by atoms with Crippen LogP contribution in [-0.4, -0.2) is 17.7 Å². The van der Waals surface area contributed by atoms with E-state index in [1.165, 1.54) is 0 Å². The van der Waals surface area contributed by atoms with Crippen LogP contribution in [-0.2, 0) is 0 Å². The van der Waals surface area contributed by atoms with E-state index in [2.05, 4.69) is 5.32 Å². The molecular weight excluding hydrogens is 190 g/mol. The fourth-order valence-electron chi connectivity index (χ4n) is 0.876. The number of carbonyl (C=O) groups excluding carboxylic acids is 2. The molecule has 1 rings (SSSR count). The summed E-state index contributed by atoms with van der Waals surface area (Å²) in [6.07, 6.45) is 0. The highest BCUT2D eigenvalue weighted by atomic mass is 35.5. The summed E-state index contributed by atoms with van der Waals surface area (Å²) in [5.74, 6) is -0.158. The third kappa shape index (κ3) is 3.25. The minimum absolute atomic E-state index is 0.0631. The molecule has 68 valence electrons. The highest BCUT2D eigenvalue weighted by Gasteiger charge is 2.04. The molecule has 0 spiro atoms. The third-order valence-electron chi connectivity index (χ3n) is 1.48. The Balaban J connectivity index is 2.54. The number of hydrogen-bond acceptors (Lipinski definition) is 2. The fourth-order valence-corrected chi connectivity index (χ4v) is 0.943. The van der Waals surface area contributed by atoms with Crippen LogP contribution < -0.4 is 5.32 Å². The lowest BCUT2D eigenvalue weighted by molar-refractivity contribution is 0.0994. The molecule has 4 heteroatoms. The zero-order valence-electron chi connectivity index (χ0n) is 6.79.